The lowest BCUT2D eigenvalue weighted by molar-refractivity contribution is -0.158. The number of nitrogens with zero attached hydrogens (tertiary/aromatic N) is 1. The molecular weight excluding hydrogens is 326 g/mol. The highest BCUT2D eigenvalue weighted by molar-refractivity contribution is 6.00. The highest BCUT2D eigenvalue weighted by atomic mass is 16.5. The summed E-state index contributed by atoms with van der Waals surface area (Å²) in [6.07, 6.45) is -1.11. The summed E-state index contributed by atoms with van der Waals surface area (Å²) in [7, 11) is 1.36. The molecule has 8 heteroatoms. The van der Waals surface area contributed by atoms with Gasteiger partial charge in [0.05, 0.1) is 5.92 Å². The predicted molar refractivity (Wildman–Crippen MR) is 89.8 cm³/mol. The van der Waals surface area contributed by atoms with Crippen LogP contribution in [0.1, 0.15) is 18.9 Å². The zero-order valence-electron chi connectivity index (χ0n) is 14.4. The molecular formula is C17H21N3O5. The number of imide groups is 1. The molecule has 0 spiro atoms. The minimum Gasteiger partial charge on any atom is -0.452 e. The van der Waals surface area contributed by atoms with Crippen molar-refractivity contribution in [2.75, 3.05) is 18.5 Å². The Morgan fingerprint density at radius 1 is 1.24 bits per heavy atom. The van der Waals surface area contributed by atoms with E-state index in [9.17, 15) is 19.2 Å². The number of ether oxygens (including phenoxy) is 1. The summed E-state index contributed by atoms with van der Waals surface area (Å²) in [6.45, 7) is 3.51. The Bertz CT molecular complexity index is 686. The van der Waals surface area contributed by atoms with Gasteiger partial charge in [-0.1, -0.05) is 17.7 Å². The second kappa shape index (κ2) is 7.78. The molecule has 1 fully saturated rings. The van der Waals surface area contributed by atoms with Crippen LogP contribution in [0, 0.1) is 12.8 Å². The topological polar surface area (TPSA) is 105 Å². The minimum atomic E-state index is -1.13. The summed E-state index contributed by atoms with van der Waals surface area (Å²) in [5, 5.41) is 4.26. The second-order valence-corrected chi connectivity index (χ2v) is 5.89. The van der Waals surface area contributed by atoms with E-state index in [2.05, 4.69) is 5.32 Å². The number of nitrogens with one attached hydrogen (secondary N) is 2. The van der Waals surface area contributed by atoms with E-state index >= 15 is 0 Å². The first-order valence-corrected chi connectivity index (χ1v) is 7.92. The maximum Gasteiger partial charge on any atom is 0.321 e. The normalized spacial score (nSPS) is 17.8. The van der Waals surface area contributed by atoms with Crippen LogP contribution in [0.15, 0.2) is 24.3 Å². The summed E-state index contributed by atoms with van der Waals surface area (Å²) in [4.78, 5) is 48.7. The van der Waals surface area contributed by atoms with Gasteiger partial charge in [-0.15, -0.1) is 0 Å². The number of rotatable bonds is 4. The molecule has 8 nitrogen and oxygen atoms in total. The highest BCUT2D eigenvalue weighted by Crippen LogP contribution is 2.26. The van der Waals surface area contributed by atoms with Gasteiger partial charge in [0.25, 0.3) is 5.91 Å². The van der Waals surface area contributed by atoms with E-state index in [1.54, 1.807) is 0 Å². The van der Waals surface area contributed by atoms with Crippen LogP contribution in [0.5, 0.6) is 0 Å². The lowest BCUT2D eigenvalue weighted by Gasteiger charge is -2.18. The van der Waals surface area contributed by atoms with Gasteiger partial charge < -0.3 is 15.0 Å². The van der Waals surface area contributed by atoms with Gasteiger partial charge in [0.2, 0.25) is 5.91 Å². The van der Waals surface area contributed by atoms with Crippen LogP contribution in [-0.4, -0.2) is 43.5 Å². The van der Waals surface area contributed by atoms with E-state index < -0.39 is 29.9 Å². The van der Waals surface area contributed by atoms with E-state index in [0.29, 0.717) is 0 Å². The van der Waals surface area contributed by atoms with Gasteiger partial charge in [-0.25, -0.2) is 4.79 Å². The maximum absolute atomic E-state index is 12.2. The van der Waals surface area contributed by atoms with Crippen LogP contribution in [0.25, 0.3) is 0 Å². The van der Waals surface area contributed by atoms with E-state index in [4.69, 9.17) is 4.74 Å². The fourth-order valence-electron chi connectivity index (χ4n) is 2.44. The second-order valence-electron chi connectivity index (χ2n) is 5.89. The van der Waals surface area contributed by atoms with Crippen LogP contribution in [0.4, 0.5) is 10.5 Å². The van der Waals surface area contributed by atoms with Gasteiger partial charge in [-0.3, -0.25) is 19.7 Å². The molecule has 1 aliphatic heterocycles. The number of aryl methyl sites for hydroxylation is 1. The number of hydrogen-bond donors (Lipinski definition) is 2. The smallest absolute Gasteiger partial charge is 0.321 e. The zero-order chi connectivity index (χ0) is 18.6. The van der Waals surface area contributed by atoms with Crippen LogP contribution in [0.2, 0.25) is 0 Å². The Labute approximate surface area is 145 Å². The predicted octanol–water partition coefficient (Wildman–Crippen LogP) is 0.735. The number of carbonyl (C=O) groups excluding carboxylic acids is 4. The van der Waals surface area contributed by atoms with Crippen molar-refractivity contribution in [1.82, 2.24) is 10.6 Å². The third-order valence-electron chi connectivity index (χ3n) is 3.93. The Balaban J connectivity index is 1.94. The molecule has 2 atom stereocenters. The lowest BCUT2D eigenvalue weighted by Crippen LogP contribution is -2.44. The van der Waals surface area contributed by atoms with Gasteiger partial charge in [0, 0.05) is 25.7 Å². The van der Waals surface area contributed by atoms with Crippen molar-refractivity contribution < 1.29 is 23.9 Å². The first kappa shape index (κ1) is 18.4. The Morgan fingerprint density at radius 2 is 1.88 bits per heavy atom. The van der Waals surface area contributed by atoms with Gasteiger partial charge in [0.1, 0.15) is 0 Å². The molecule has 0 saturated carbocycles. The fraction of sp³-hybridized carbons (Fsp3) is 0.412. The first-order valence-electron chi connectivity index (χ1n) is 7.92. The van der Waals surface area contributed by atoms with Gasteiger partial charge in [-0.05, 0) is 26.0 Å². The maximum atomic E-state index is 12.2. The molecule has 2 N–H and O–H groups in total. The Kier molecular flexibility index (Phi) is 5.74. The van der Waals surface area contributed by atoms with Gasteiger partial charge >= 0.3 is 12.0 Å². The van der Waals surface area contributed by atoms with Crippen LogP contribution in [0.3, 0.4) is 0 Å². The number of benzene rings is 1. The SMILES string of the molecule is CNC(=O)NC(=O)[C@@H](C)OC(=O)[C@@H]1CC(=O)N(c2ccc(C)cc2)C1. The summed E-state index contributed by atoms with van der Waals surface area (Å²) >= 11 is 0. The lowest BCUT2D eigenvalue weighted by atomic mass is 10.1. The quantitative estimate of drug-likeness (QED) is 0.782. The van der Waals surface area contributed by atoms with Crippen molar-refractivity contribution in [1.29, 1.82) is 0 Å². The average molecular weight is 347 g/mol. The Morgan fingerprint density at radius 3 is 2.48 bits per heavy atom. The third kappa shape index (κ3) is 4.56. The van der Waals surface area contributed by atoms with Crippen molar-refractivity contribution in [2.24, 2.45) is 5.92 Å². The van der Waals surface area contributed by atoms with Crippen molar-refractivity contribution in [3.63, 3.8) is 0 Å². The summed E-state index contributed by atoms with van der Waals surface area (Å²) in [5.41, 5.74) is 1.79. The molecule has 0 bridgehead atoms. The van der Waals surface area contributed by atoms with E-state index in [1.165, 1.54) is 18.9 Å². The monoisotopic (exact) mass is 347 g/mol. The zero-order valence-corrected chi connectivity index (χ0v) is 14.4. The van der Waals surface area contributed by atoms with Gasteiger partial charge in [-0.2, -0.15) is 0 Å². The highest BCUT2D eigenvalue weighted by Gasteiger charge is 2.37. The standard InChI is InChI=1S/C17H21N3O5/c1-10-4-6-13(7-5-10)20-9-12(8-14(20)21)16(23)25-11(2)15(22)19-17(24)18-3/h4-7,11-12H,8-9H2,1-3H3,(H2,18,19,22,24)/t11-,12-/m1/s1. The third-order valence-corrected chi connectivity index (χ3v) is 3.93. The van der Waals surface area contributed by atoms with E-state index in [0.717, 1.165) is 11.3 Å². The Hall–Kier alpha value is -2.90. The largest absolute Gasteiger partial charge is 0.452 e. The van der Waals surface area contributed by atoms with E-state index in [1.807, 2.05) is 36.5 Å². The molecule has 134 valence electrons. The summed E-state index contributed by atoms with van der Waals surface area (Å²) in [5.74, 6) is -2.19. The molecule has 1 aliphatic rings. The van der Waals surface area contributed by atoms with Crippen molar-refractivity contribution >= 4 is 29.5 Å². The van der Waals surface area contributed by atoms with Crippen LogP contribution >= 0.6 is 0 Å². The molecule has 25 heavy (non-hydrogen) atoms. The molecule has 2 rings (SSSR count). The molecule has 0 radical (unpaired) electrons. The fourth-order valence-corrected chi connectivity index (χ4v) is 2.44. The van der Waals surface area contributed by atoms with Crippen molar-refractivity contribution in [2.45, 2.75) is 26.4 Å². The number of urea groups is 1. The number of hydrogen-bond acceptors (Lipinski definition) is 5. The van der Waals surface area contributed by atoms with Crippen LogP contribution < -0.4 is 15.5 Å². The van der Waals surface area contributed by atoms with E-state index in [-0.39, 0.29) is 18.9 Å². The molecule has 4 amide bonds. The molecule has 1 heterocycles. The van der Waals surface area contributed by atoms with Gasteiger partial charge in [0.15, 0.2) is 6.10 Å². The number of esters is 1. The average Bonchev–Trinajstić information content (AvgIpc) is 2.97. The number of carbonyl (C=O) groups is 4. The van der Waals surface area contributed by atoms with Crippen LogP contribution in [-0.2, 0) is 19.1 Å². The molecule has 1 aromatic rings. The first-order chi connectivity index (χ1) is 11.8. The summed E-state index contributed by atoms with van der Waals surface area (Å²) < 4.78 is 5.08. The number of amides is 4. The molecule has 0 unspecified atom stereocenters. The minimum absolute atomic E-state index is 0.0243. The van der Waals surface area contributed by atoms with Crippen molar-refractivity contribution in [3.05, 3.63) is 29.8 Å². The summed E-state index contributed by atoms with van der Waals surface area (Å²) in [6, 6.07) is 6.73. The molecule has 0 aromatic heterocycles. The molecule has 1 saturated heterocycles. The number of anilines is 1. The van der Waals surface area contributed by atoms with Crippen molar-refractivity contribution in [3.8, 4) is 0 Å². The molecule has 1 aromatic carbocycles. The molecule has 0 aliphatic carbocycles.